The molecule has 0 aromatic heterocycles. The molecule has 0 radical (unpaired) electrons. The van der Waals surface area contributed by atoms with Gasteiger partial charge in [0.1, 0.15) is 0 Å². The molecule has 2 saturated heterocycles. The van der Waals surface area contributed by atoms with E-state index in [2.05, 4.69) is 34.1 Å². The average molecular weight is 434 g/mol. The quantitative estimate of drug-likeness (QED) is 0.723. The van der Waals surface area contributed by atoms with Gasteiger partial charge in [0.15, 0.2) is 0 Å². The molecule has 2 aromatic carbocycles. The summed E-state index contributed by atoms with van der Waals surface area (Å²) in [5.74, 6) is -1.72. The predicted octanol–water partition coefficient (Wildman–Crippen LogP) is 4.19. The predicted molar refractivity (Wildman–Crippen MR) is 116 cm³/mol. The number of carbonyl (C=O) groups is 1. The summed E-state index contributed by atoms with van der Waals surface area (Å²) < 4.78 is 37.9. The van der Waals surface area contributed by atoms with Crippen molar-refractivity contribution in [2.45, 2.75) is 32.1 Å². The summed E-state index contributed by atoms with van der Waals surface area (Å²) in [6.45, 7) is 6.97. The Morgan fingerprint density at radius 2 is 1.29 bits per heavy atom. The third-order valence-electron chi connectivity index (χ3n) is 5.85. The molecule has 0 bridgehead atoms. The molecule has 2 heterocycles. The lowest BCUT2D eigenvalue weighted by molar-refractivity contribution is -0.187. The highest BCUT2D eigenvalue weighted by Gasteiger charge is 2.44. The van der Waals surface area contributed by atoms with Gasteiger partial charge in [-0.25, -0.2) is 0 Å². The van der Waals surface area contributed by atoms with Crippen LogP contribution in [-0.2, 0) is 4.79 Å². The summed E-state index contributed by atoms with van der Waals surface area (Å²) in [6.07, 6.45) is -4.78. The molecule has 7 heteroatoms. The maximum absolute atomic E-state index is 12.6. The van der Waals surface area contributed by atoms with Crippen LogP contribution < -0.4 is 0 Å². The number of benzene rings is 2. The Kier molecular flexibility index (Phi) is 7.73. The van der Waals surface area contributed by atoms with Gasteiger partial charge in [-0.2, -0.15) is 13.2 Å². The van der Waals surface area contributed by atoms with Crippen molar-refractivity contribution in [1.82, 2.24) is 14.7 Å². The standard InChI is InChI=1S/C22H24F3N3O.C2H6/c23-22(24,25)21(29)27-13-11-26(12-14-27)19-15-28(16-19)20(17-7-3-1-4-8-17)18-9-5-2-6-10-18;1-2/h1-10,19-20H,11-16H2;1-2H3. The minimum absolute atomic E-state index is 0.135. The van der Waals surface area contributed by atoms with Crippen LogP contribution >= 0.6 is 0 Å². The lowest BCUT2D eigenvalue weighted by Gasteiger charge is -2.51. The number of rotatable bonds is 4. The highest BCUT2D eigenvalue weighted by atomic mass is 19.4. The van der Waals surface area contributed by atoms with E-state index in [1.54, 1.807) is 0 Å². The van der Waals surface area contributed by atoms with Crippen molar-refractivity contribution in [3.8, 4) is 0 Å². The highest BCUT2D eigenvalue weighted by molar-refractivity contribution is 5.81. The van der Waals surface area contributed by atoms with Gasteiger partial charge in [0, 0.05) is 45.3 Å². The summed E-state index contributed by atoms with van der Waals surface area (Å²) in [7, 11) is 0. The van der Waals surface area contributed by atoms with Crippen molar-refractivity contribution in [3.63, 3.8) is 0 Å². The molecule has 4 nitrogen and oxygen atoms in total. The zero-order valence-corrected chi connectivity index (χ0v) is 18.1. The van der Waals surface area contributed by atoms with Crippen LogP contribution in [-0.4, -0.2) is 72.1 Å². The summed E-state index contributed by atoms with van der Waals surface area (Å²) in [6, 6.07) is 21.2. The van der Waals surface area contributed by atoms with Crippen LogP contribution in [0.4, 0.5) is 13.2 Å². The molecule has 2 fully saturated rings. The Bertz CT molecular complexity index is 775. The van der Waals surface area contributed by atoms with Gasteiger partial charge < -0.3 is 4.90 Å². The molecule has 0 aliphatic carbocycles. The number of piperazine rings is 1. The van der Waals surface area contributed by atoms with E-state index in [1.165, 1.54) is 11.1 Å². The van der Waals surface area contributed by atoms with Crippen LogP contribution in [0.5, 0.6) is 0 Å². The van der Waals surface area contributed by atoms with Gasteiger partial charge >= 0.3 is 12.1 Å². The number of hydrogen-bond acceptors (Lipinski definition) is 3. The van der Waals surface area contributed by atoms with Crippen LogP contribution in [0.2, 0.25) is 0 Å². The number of likely N-dealkylation sites (tertiary alicyclic amines) is 1. The summed E-state index contributed by atoms with van der Waals surface area (Å²) in [5.41, 5.74) is 2.47. The van der Waals surface area contributed by atoms with Crippen molar-refractivity contribution in [2.75, 3.05) is 39.3 Å². The first-order valence-electron chi connectivity index (χ1n) is 10.9. The first kappa shape index (κ1) is 23.3. The molecule has 0 saturated carbocycles. The second-order valence-corrected chi connectivity index (χ2v) is 7.66. The van der Waals surface area contributed by atoms with Gasteiger partial charge in [-0.05, 0) is 11.1 Å². The largest absolute Gasteiger partial charge is 0.471 e. The second-order valence-electron chi connectivity index (χ2n) is 7.66. The van der Waals surface area contributed by atoms with Crippen molar-refractivity contribution < 1.29 is 18.0 Å². The third-order valence-corrected chi connectivity index (χ3v) is 5.85. The molecule has 2 aliphatic rings. The zero-order chi connectivity index (χ0) is 22.4. The summed E-state index contributed by atoms with van der Waals surface area (Å²) in [5, 5.41) is 0. The summed E-state index contributed by atoms with van der Waals surface area (Å²) >= 11 is 0. The minimum Gasteiger partial charge on any atom is -0.332 e. The molecule has 168 valence electrons. The van der Waals surface area contributed by atoms with Gasteiger partial charge in [0.25, 0.3) is 0 Å². The van der Waals surface area contributed by atoms with Crippen LogP contribution in [0.3, 0.4) is 0 Å². The van der Waals surface area contributed by atoms with Crippen LogP contribution in [0.15, 0.2) is 60.7 Å². The monoisotopic (exact) mass is 433 g/mol. The SMILES string of the molecule is CC.O=C(N1CCN(C2CN(C(c3ccccc3)c3ccccc3)C2)CC1)C(F)(F)F. The fourth-order valence-corrected chi connectivity index (χ4v) is 4.28. The highest BCUT2D eigenvalue weighted by Crippen LogP contribution is 2.34. The Balaban J connectivity index is 0.00000132. The summed E-state index contributed by atoms with van der Waals surface area (Å²) in [4.78, 5) is 16.9. The maximum Gasteiger partial charge on any atom is 0.471 e. The minimum atomic E-state index is -4.78. The second kappa shape index (κ2) is 10.3. The van der Waals surface area contributed by atoms with E-state index in [1.807, 2.05) is 50.2 Å². The van der Waals surface area contributed by atoms with E-state index in [0.29, 0.717) is 19.1 Å². The fourth-order valence-electron chi connectivity index (χ4n) is 4.28. The Morgan fingerprint density at radius 1 is 0.839 bits per heavy atom. The van der Waals surface area contributed by atoms with Gasteiger partial charge in [0.05, 0.1) is 6.04 Å². The number of amides is 1. The molecule has 0 unspecified atom stereocenters. The Morgan fingerprint density at radius 3 is 1.71 bits per heavy atom. The number of hydrogen-bond donors (Lipinski definition) is 0. The number of carbonyl (C=O) groups excluding carboxylic acids is 1. The van der Waals surface area contributed by atoms with Crippen molar-refractivity contribution in [2.24, 2.45) is 0 Å². The topological polar surface area (TPSA) is 26.8 Å². The smallest absolute Gasteiger partial charge is 0.332 e. The normalized spacial score (nSPS) is 18.3. The van der Waals surface area contributed by atoms with Gasteiger partial charge in [0.2, 0.25) is 0 Å². The Labute approximate surface area is 182 Å². The lowest BCUT2D eigenvalue weighted by Crippen LogP contribution is -2.64. The van der Waals surface area contributed by atoms with Crippen molar-refractivity contribution >= 4 is 5.91 Å². The van der Waals surface area contributed by atoms with Crippen LogP contribution in [0, 0.1) is 0 Å². The number of halogens is 3. The maximum atomic E-state index is 12.6. The van der Waals surface area contributed by atoms with Crippen molar-refractivity contribution in [1.29, 1.82) is 0 Å². The number of nitrogens with zero attached hydrogens (tertiary/aromatic N) is 3. The Hall–Kier alpha value is -2.38. The fraction of sp³-hybridized carbons (Fsp3) is 0.458. The molecule has 2 aromatic rings. The average Bonchev–Trinajstić information content (AvgIpc) is 2.77. The van der Waals surface area contributed by atoms with Crippen LogP contribution in [0.25, 0.3) is 0 Å². The molecular formula is C24H30F3N3O. The first-order valence-corrected chi connectivity index (χ1v) is 10.9. The van der Waals surface area contributed by atoms with Gasteiger partial charge in [-0.15, -0.1) is 0 Å². The van der Waals surface area contributed by atoms with E-state index < -0.39 is 12.1 Å². The van der Waals surface area contributed by atoms with Gasteiger partial charge in [-0.1, -0.05) is 74.5 Å². The zero-order valence-electron chi connectivity index (χ0n) is 18.1. The van der Waals surface area contributed by atoms with Crippen LogP contribution in [0.1, 0.15) is 31.0 Å². The molecule has 0 N–H and O–H groups in total. The molecular weight excluding hydrogens is 403 g/mol. The molecule has 1 amide bonds. The first-order chi connectivity index (χ1) is 14.9. The van der Waals surface area contributed by atoms with Crippen molar-refractivity contribution in [3.05, 3.63) is 71.8 Å². The van der Waals surface area contributed by atoms with E-state index in [9.17, 15) is 18.0 Å². The van der Waals surface area contributed by atoms with E-state index >= 15 is 0 Å². The third kappa shape index (κ3) is 5.46. The molecule has 2 aliphatic heterocycles. The molecule has 0 spiro atoms. The van der Waals surface area contributed by atoms with Gasteiger partial charge in [-0.3, -0.25) is 14.6 Å². The molecule has 0 atom stereocenters. The molecule has 31 heavy (non-hydrogen) atoms. The van der Waals surface area contributed by atoms with E-state index in [4.69, 9.17) is 0 Å². The van der Waals surface area contributed by atoms with E-state index in [-0.39, 0.29) is 19.1 Å². The molecule has 4 rings (SSSR count). The number of alkyl halides is 3. The van der Waals surface area contributed by atoms with E-state index in [0.717, 1.165) is 18.0 Å². The lowest BCUT2D eigenvalue weighted by atomic mass is 9.92.